The summed E-state index contributed by atoms with van der Waals surface area (Å²) in [6.45, 7) is 0. The lowest BCUT2D eigenvalue weighted by Gasteiger charge is -2.46. The van der Waals surface area contributed by atoms with E-state index >= 15 is 0 Å². The molecule has 1 aliphatic heterocycles. The molecule has 6 atom stereocenters. The molecular formula is C19H18O7. The lowest BCUT2D eigenvalue weighted by molar-refractivity contribution is -0.146. The first-order chi connectivity index (χ1) is 12.4. The highest BCUT2D eigenvalue weighted by Crippen LogP contribution is 2.58. The van der Waals surface area contributed by atoms with Crippen molar-refractivity contribution >= 4 is 11.9 Å². The molecule has 1 saturated heterocycles. The fraction of sp³-hybridized carbons (Fsp3) is 0.368. The summed E-state index contributed by atoms with van der Waals surface area (Å²) >= 11 is 0. The molecule has 2 fully saturated rings. The predicted octanol–water partition coefficient (Wildman–Crippen LogP) is 0.999. The smallest absolute Gasteiger partial charge is 0.330 e. The average Bonchev–Trinajstić information content (AvgIpc) is 2.94. The molecular weight excluding hydrogens is 340 g/mol. The van der Waals surface area contributed by atoms with Crippen molar-refractivity contribution in [2.45, 2.75) is 18.1 Å². The van der Waals surface area contributed by atoms with Gasteiger partial charge in [0.2, 0.25) is 0 Å². The Morgan fingerprint density at radius 1 is 1.19 bits per heavy atom. The Kier molecular flexibility index (Phi) is 3.77. The van der Waals surface area contributed by atoms with Crippen LogP contribution in [0.3, 0.4) is 0 Å². The standard InChI is InChI=1S/C19H18O7/c1-25-13(22)5-3-8-6-10-14(9-2-4-11(20)12(21)7-9)16-15(8)18(17(10)23)26-19(16)24/h2-7,10,14-18,20-21,23H,1H3/b5-3+/t10-,14+,15+,16-,17-,18-/m1/s1. The van der Waals surface area contributed by atoms with E-state index in [1.165, 1.54) is 25.3 Å². The minimum absolute atomic E-state index is 0.251. The fourth-order valence-corrected chi connectivity index (χ4v) is 4.47. The van der Waals surface area contributed by atoms with Gasteiger partial charge in [-0.25, -0.2) is 4.79 Å². The molecule has 4 bridgehead atoms. The lowest BCUT2D eigenvalue weighted by atomic mass is 9.56. The average molecular weight is 358 g/mol. The first-order valence-electron chi connectivity index (χ1n) is 8.30. The van der Waals surface area contributed by atoms with E-state index in [1.54, 1.807) is 12.1 Å². The molecule has 1 aromatic carbocycles. The second-order valence-electron chi connectivity index (χ2n) is 6.82. The van der Waals surface area contributed by atoms with Crippen molar-refractivity contribution in [2.24, 2.45) is 17.8 Å². The molecule has 1 saturated carbocycles. The van der Waals surface area contributed by atoms with Crippen LogP contribution in [0, 0.1) is 17.8 Å². The van der Waals surface area contributed by atoms with E-state index in [2.05, 4.69) is 4.74 Å². The van der Waals surface area contributed by atoms with E-state index in [1.807, 2.05) is 6.08 Å². The van der Waals surface area contributed by atoms with Gasteiger partial charge in [0.05, 0.1) is 19.1 Å². The van der Waals surface area contributed by atoms with Crippen LogP contribution in [0.2, 0.25) is 0 Å². The maximum absolute atomic E-state index is 12.5. The zero-order valence-corrected chi connectivity index (χ0v) is 13.9. The van der Waals surface area contributed by atoms with Crippen LogP contribution in [0.4, 0.5) is 0 Å². The third-order valence-electron chi connectivity index (χ3n) is 5.56. The molecule has 3 N–H and O–H groups in total. The third kappa shape index (κ3) is 2.31. The van der Waals surface area contributed by atoms with Crippen LogP contribution in [-0.4, -0.2) is 46.6 Å². The normalized spacial score (nSPS) is 34.7. The lowest BCUT2D eigenvalue weighted by Crippen LogP contribution is -2.51. The minimum Gasteiger partial charge on any atom is -0.504 e. The number of ether oxygens (including phenoxy) is 2. The fourth-order valence-electron chi connectivity index (χ4n) is 4.47. The SMILES string of the molecule is COC(=O)/C=C/C1=C[C@H]2[C@@H](O)[C@@H]3OC(=O)[C@@H]([C@H]13)[C@H]2c1ccc(O)c(O)c1. The molecule has 1 heterocycles. The number of benzene rings is 1. The van der Waals surface area contributed by atoms with Crippen LogP contribution in [-0.2, 0) is 19.1 Å². The van der Waals surface area contributed by atoms with Crippen LogP contribution in [0.1, 0.15) is 11.5 Å². The highest BCUT2D eigenvalue weighted by atomic mass is 16.6. The molecule has 7 heteroatoms. The zero-order chi connectivity index (χ0) is 18.6. The molecule has 5 rings (SSSR count). The van der Waals surface area contributed by atoms with Gasteiger partial charge in [0.15, 0.2) is 11.5 Å². The summed E-state index contributed by atoms with van der Waals surface area (Å²) in [5, 5.41) is 30.0. The van der Waals surface area contributed by atoms with Gasteiger partial charge in [0, 0.05) is 23.8 Å². The summed E-state index contributed by atoms with van der Waals surface area (Å²) in [4.78, 5) is 23.9. The van der Waals surface area contributed by atoms with Crippen LogP contribution < -0.4 is 0 Å². The molecule has 0 aromatic heterocycles. The van der Waals surface area contributed by atoms with Gasteiger partial charge in [-0.1, -0.05) is 18.2 Å². The number of carbonyl (C=O) groups is 2. The third-order valence-corrected chi connectivity index (χ3v) is 5.56. The van der Waals surface area contributed by atoms with Crippen LogP contribution in [0.5, 0.6) is 11.5 Å². The molecule has 136 valence electrons. The largest absolute Gasteiger partial charge is 0.504 e. The number of rotatable bonds is 3. The highest BCUT2D eigenvalue weighted by molar-refractivity contribution is 5.83. The molecule has 26 heavy (non-hydrogen) atoms. The summed E-state index contributed by atoms with van der Waals surface area (Å²) in [6.07, 6.45) is 3.20. The van der Waals surface area contributed by atoms with Crippen molar-refractivity contribution in [3.8, 4) is 11.5 Å². The molecule has 3 aliphatic carbocycles. The van der Waals surface area contributed by atoms with Crippen molar-refractivity contribution in [1.29, 1.82) is 0 Å². The quantitative estimate of drug-likeness (QED) is 0.420. The second kappa shape index (κ2) is 5.88. The van der Waals surface area contributed by atoms with Crippen molar-refractivity contribution in [2.75, 3.05) is 7.11 Å². The second-order valence-corrected chi connectivity index (χ2v) is 6.82. The van der Waals surface area contributed by atoms with Crippen LogP contribution >= 0.6 is 0 Å². The number of hydrogen-bond donors (Lipinski definition) is 3. The molecule has 0 unspecified atom stereocenters. The monoisotopic (exact) mass is 358 g/mol. The Balaban J connectivity index is 1.78. The van der Waals surface area contributed by atoms with Crippen molar-refractivity contribution in [1.82, 2.24) is 0 Å². The summed E-state index contributed by atoms with van der Waals surface area (Å²) in [6, 6.07) is 4.40. The van der Waals surface area contributed by atoms with Gasteiger partial charge in [0.1, 0.15) is 6.10 Å². The Bertz CT molecular complexity index is 840. The zero-order valence-electron chi connectivity index (χ0n) is 13.9. The number of esters is 2. The maximum Gasteiger partial charge on any atom is 0.330 e. The van der Waals surface area contributed by atoms with E-state index in [9.17, 15) is 24.9 Å². The number of allylic oxidation sites excluding steroid dienone is 1. The summed E-state index contributed by atoms with van der Waals surface area (Å²) in [5.41, 5.74) is 1.40. The topological polar surface area (TPSA) is 113 Å². The van der Waals surface area contributed by atoms with Gasteiger partial charge in [-0.2, -0.15) is 0 Å². The van der Waals surface area contributed by atoms with E-state index in [-0.39, 0.29) is 23.3 Å². The van der Waals surface area contributed by atoms with Gasteiger partial charge >= 0.3 is 11.9 Å². The molecule has 0 amide bonds. The van der Waals surface area contributed by atoms with Gasteiger partial charge < -0.3 is 24.8 Å². The molecule has 4 aliphatic rings. The Hall–Kier alpha value is -2.80. The van der Waals surface area contributed by atoms with E-state index in [0.29, 0.717) is 5.56 Å². The van der Waals surface area contributed by atoms with Crippen molar-refractivity contribution in [3.63, 3.8) is 0 Å². The number of aliphatic hydroxyl groups excluding tert-OH is 1. The minimum atomic E-state index is -0.876. The Morgan fingerprint density at radius 2 is 1.96 bits per heavy atom. The number of hydrogen-bond acceptors (Lipinski definition) is 7. The van der Waals surface area contributed by atoms with Gasteiger partial charge in [0.25, 0.3) is 0 Å². The van der Waals surface area contributed by atoms with E-state index in [0.717, 1.165) is 5.57 Å². The molecule has 1 aromatic rings. The van der Waals surface area contributed by atoms with E-state index in [4.69, 9.17) is 4.74 Å². The summed E-state index contributed by atoms with van der Waals surface area (Å²) < 4.78 is 10.0. The number of carbonyl (C=O) groups excluding carboxylic acids is 2. The predicted molar refractivity (Wildman–Crippen MR) is 88.1 cm³/mol. The number of aromatic hydroxyl groups is 2. The number of phenolic OH excluding ortho intramolecular Hbond substituents is 2. The van der Waals surface area contributed by atoms with Gasteiger partial charge in [-0.05, 0) is 23.3 Å². The maximum atomic E-state index is 12.5. The molecule has 0 radical (unpaired) electrons. The van der Waals surface area contributed by atoms with Crippen LogP contribution in [0.15, 0.2) is 42.0 Å². The first-order valence-corrected chi connectivity index (χ1v) is 8.30. The summed E-state index contributed by atoms with van der Waals surface area (Å²) in [7, 11) is 1.28. The number of aliphatic hydroxyl groups is 1. The Morgan fingerprint density at radius 3 is 2.65 bits per heavy atom. The van der Waals surface area contributed by atoms with Crippen molar-refractivity contribution < 1.29 is 34.4 Å². The highest BCUT2D eigenvalue weighted by Gasteiger charge is 2.63. The van der Waals surface area contributed by atoms with Gasteiger partial charge in [-0.3, -0.25) is 4.79 Å². The number of phenols is 2. The first kappa shape index (κ1) is 16.7. The summed E-state index contributed by atoms with van der Waals surface area (Å²) in [5.74, 6) is -3.16. The molecule has 0 spiro atoms. The van der Waals surface area contributed by atoms with Crippen LogP contribution in [0.25, 0.3) is 0 Å². The van der Waals surface area contributed by atoms with Crippen molar-refractivity contribution in [3.05, 3.63) is 47.6 Å². The van der Waals surface area contributed by atoms with Gasteiger partial charge in [-0.15, -0.1) is 0 Å². The molecule has 7 nitrogen and oxygen atoms in total. The number of methoxy groups -OCH3 is 1. The van der Waals surface area contributed by atoms with E-state index < -0.39 is 36.0 Å². The Labute approximate surface area is 149 Å².